The minimum absolute atomic E-state index is 0.198. The maximum absolute atomic E-state index is 12.6. The van der Waals surface area contributed by atoms with E-state index in [4.69, 9.17) is 4.74 Å². The molecule has 3 heterocycles. The number of nitrogens with one attached hydrogen (secondary N) is 1. The molecule has 1 unspecified atom stereocenters. The summed E-state index contributed by atoms with van der Waals surface area (Å²) in [7, 11) is 0. The largest absolute Gasteiger partial charge is 0.379 e. The van der Waals surface area contributed by atoms with Crippen LogP contribution in [-0.4, -0.2) is 66.6 Å². The van der Waals surface area contributed by atoms with E-state index in [1.54, 1.807) is 0 Å². The van der Waals surface area contributed by atoms with Gasteiger partial charge < -0.3 is 14.6 Å². The van der Waals surface area contributed by atoms with E-state index in [0.29, 0.717) is 5.92 Å². The molecule has 5 heteroatoms. The highest BCUT2D eigenvalue weighted by atomic mass is 16.5. The lowest BCUT2D eigenvalue weighted by Gasteiger charge is -2.33. The number of rotatable bonds is 4. The number of hydrogen-bond donors (Lipinski definition) is 1. The van der Waals surface area contributed by atoms with Gasteiger partial charge >= 0.3 is 0 Å². The molecule has 0 aromatic carbocycles. The van der Waals surface area contributed by atoms with Crippen molar-refractivity contribution in [3.8, 4) is 0 Å². The Morgan fingerprint density at radius 1 is 1.29 bits per heavy atom. The predicted molar refractivity (Wildman–Crippen MR) is 81.6 cm³/mol. The van der Waals surface area contributed by atoms with Gasteiger partial charge in [-0.05, 0) is 18.4 Å². The van der Waals surface area contributed by atoms with E-state index < -0.39 is 0 Å². The number of nitrogens with zero attached hydrogens (tertiary/aromatic N) is 2. The Morgan fingerprint density at radius 3 is 2.81 bits per heavy atom. The Morgan fingerprint density at radius 2 is 2.05 bits per heavy atom. The third kappa shape index (κ3) is 3.14. The zero-order chi connectivity index (χ0) is 14.8. The summed E-state index contributed by atoms with van der Waals surface area (Å²) in [4.78, 5) is 20.3. The molecule has 1 amide bonds. The molecule has 0 saturated carbocycles. The van der Waals surface area contributed by atoms with Crippen molar-refractivity contribution < 1.29 is 9.53 Å². The van der Waals surface area contributed by atoms with Crippen LogP contribution < -0.4 is 0 Å². The van der Waals surface area contributed by atoms with E-state index in [9.17, 15) is 4.79 Å². The predicted octanol–water partition coefficient (Wildman–Crippen LogP) is 1.29. The molecule has 1 atom stereocenters. The zero-order valence-electron chi connectivity index (χ0n) is 13.0. The Balaban J connectivity index is 1.58. The number of aromatic nitrogens is 1. The molecule has 1 saturated heterocycles. The van der Waals surface area contributed by atoms with Gasteiger partial charge in [0, 0.05) is 51.0 Å². The van der Waals surface area contributed by atoms with Crippen molar-refractivity contribution in [2.24, 2.45) is 5.92 Å². The van der Waals surface area contributed by atoms with Gasteiger partial charge in [-0.25, -0.2) is 0 Å². The molecule has 0 spiro atoms. The second-order valence-electron chi connectivity index (χ2n) is 6.34. The van der Waals surface area contributed by atoms with E-state index >= 15 is 0 Å². The normalized spacial score (nSPS) is 21.4. The Kier molecular flexibility index (Phi) is 4.31. The molecular weight excluding hydrogens is 266 g/mol. The van der Waals surface area contributed by atoms with Crippen LogP contribution in [0.1, 0.15) is 28.5 Å². The second kappa shape index (κ2) is 6.20. The molecule has 2 aliphatic heterocycles. The van der Waals surface area contributed by atoms with Crippen molar-refractivity contribution >= 4 is 5.91 Å². The number of fused-ring (bicyclic) bond motifs is 1. The lowest BCUT2D eigenvalue weighted by atomic mass is 10.0. The highest BCUT2D eigenvalue weighted by Gasteiger charge is 2.28. The highest BCUT2D eigenvalue weighted by Crippen LogP contribution is 2.22. The Bertz CT molecular complexity index is 506. The summed E-state index contributed by atoms with van der Waals surface area (Å²) in [5.74, 6) is 0.691. The van der Waals surface area contributed by atoms with Crippen LogP contribution in [0.15, 0.2) is 6.20 Å². The number of ether oxygens (including phenoxy) is 1. The molecule has 5 nitrogen and oxygen atoms in total. The van der Waals surface area contributed by atoms with Gasteiger partial charge in [0.05, 0.1) is 18.8 Å². The first kappa shape index (κ1) is 14.6. The van der Waals surface area contributed by atoms with Gasteiger partial charge in [0.15, 0.2) is 0 Å². The third-order valence-corrected chi connectivity index (χ3v) is 4.50. The van der Waals surface area contributed by atoms with Gasteiger partial charge in [-0.15, -0.1) is 0 Å². The van der Waals surface area contributed by atoms with Gasteiger partial charge in [0.1, 0.15) is 0 Å². The summed E-state index contributed by atoms with van der Waals surface area (Å²) in [5.41, 5.74) is 3.08. The second-order valence-corrected chi connectivity index (χ2v) is 6.34. The van der Waals surface area contributed by atoms with E-state index in [1.807, 2.05) is 18.0 Å². The standard InChI is InChI=1S/C16H25N3O2/c1-12(10-18-5-7-21-8-6-18)11-19-4-3-14-15(16(19)20)13(2)9-17-14/h9,12,17H,3-8,10-11H2,1-2H3. The summed E-state index contributed by atoms with van der Waals surface area (Å²) < 4.78 is 5.38. The Labute approximate surface area is 126 Å². The molecular formula is C16H25N3O2. The van der Waals surface area contributed by atoms with Crippen molar-refractivity contribution in [2.75, 3.05) is 45.9 Å². The third-order valence-electron chi connectivity index (χ3n) is 4.50. The average Bonchev–Trinajstić information content (AvgIpc) is 2.85. The van der Waals surface area contributed by atoms with Gasteiger partial charge in [-0.1, -0.05) is 6.92 Å². The van der Waals surface area contributed by atoms with Crippen LogP contribution in [0.5, 0.6) is 0 Å². The number of morpholine rings is 1. The summed E-state index contributed by atoms with van der Waals surface area (Å²) in [6.07, 6.45) is 2.89. The number of carbonyl (C=O) groups is 1. The van der Waals surface area contributed by atoms with Crippen LogP contribution in [0, 0.1) is 12.8 Å². The van der Waals surface area contributed by atoms with E-state index in [0.717, 1.165) is 69.2 Å². The van der Waals surface area contributed by atoms with Crippen LogP contribution >= 0.6 is 0 Å². The van der Waals surface area contributed by atoms with Crippen molar-refractivity contribution in [3.63, 3.8) is 0 Å². The first-order valence-electron chi connectivity index (χ1n) is 7.91. The van der Waals surface area contributed by atoms with Crippen LogP contribution in [0.3, 0.4) is 0 Å². The van der Waals surface area contributed by atoms with Crippen LogP contribution in [0.25, 0.3) is 0 Å². The number of amides is 1. The monoisotopic (exact) mass is 291 g/mol. The van der Waals surface area contributed by atoms with Gasteiger partial charge in [-0.3, -0.25) is 9.69 Å². The lowest BCUT2D eigenvalue weighted by molar-refractivity contribution is 0.0284. The number of aromatic amines is 1. The average molecular weight is 291 g/mol. The van der Waals surface area contributed by atoms with E-state index in [-0.39, 0.29) is 5.91 Å². The molecule has 2 aliphatic rings. The minimum Gasteiger partial charge on any atom is -0.379 e. The fraction of sp³-hybridized carbons (Fsp3) is 0.688. The van der Waals surface area contributed by atoms with Crippen LogP contribution in [0.2, 0.25) is 0 Å². The fourth-order valence-corrected chi connectivity index (χ4v) is 3.41. The van der Waals surface area contributed by atoms with Crippen molar-refractivity contribution in [2.45, 2.75) is 20.3 Å². The lowest BCUT2D eigenvalue weighted by Crippen LogP contribution is -2.44. The summed E-state index contributed by atoms with van der Waals surface area (Å²) in [6.45, 7) is 10.7. The van der Waals surface area contributed by atoms with E-state index in [1.165, 1.54) is 0 Å². The summed E-state index contributed by atoms with van der Waals surface area (Å²) >= 11 is 0. The topological polar surface area (TPSA) is 48.6 Å². The maximum Gasteiger partial charge on any atom is 0.255 e. The summed E-state index contributed by atoms with van der Waals surface area (Å²) in [6, 6.07) is 0. The quantitative estimate of drug-likeness (QED) is 0.909. The first-order chi connectivity index (χ1) is 10.1. The molecule has 1 fully saturated rings. The fourth-order valence-electron chi connectivity index (χ4n) is 3.41. The molecule has 1 N–H and O–H groups in total. The molecule has 3 rings (SSSR count). The van der Waals surface area contributed by atoms with E-state index in [2.05, 4.69) is 16.8 Å². The first-order valence-corrected chi connectivity index (χ1v) is 7.91. The molecule has 0 aliphatic carbocycles. The molecule has 0 bridgehead atoms. The zero-order valence-corrected chi connectivity index (χ0v) is 13.0. The SMILES string of the molecule is Cc1c[nH]c2c1C(=O)N(CC(C)CN1CCOCC1)CC2. The van der Waals surface area contributed by atoms with Gasteiger partial charge in [0.2, 0.25) is 0 Å². The summed E-state index contributed by atoms with van der Waals surface area (Å²) in [5, 5.41) is 0. The van der Waals surface area contributed by atoms with Gasteiger partial charge in [-0.2, -0.15) is 0 Å². The highest BCUT2D eigenvalue weighted by molar-refractivity contribution is 5.97. The molecule has 116 valence electrons. The van der Waals surface area contributed by atoms with Crippen molar-refractivity contribution in [1.82, 2.24) is 14.8 Å². The molecule has 1 aromatic heterocycles. The molecule has 1 aromatic rings. The van der Waals surface area contributed by atoms with Gasteiger partial charge in [0.25, 0.3) is 5.91 Å². The number of hydrogen-bond acceptors (Lipinski definition) is 3. The van der Waals surface area contributed by atoms with Crippen molar-refractivity contribution in [1.29, 1.82) is 0 Å². The van der Waals surface area contributed by atoms with Crippen LogP contribution in [0.4, 0.5) is 0 Å². The minimum atomic E-state index is 0.198. The number of aryl methyl sites for hydroxylation is 1. The Hall–Kier alpha value is -1.33. The van der Waals surface area contributed by atoms with Crippen molar-refractivity contribution in [3.05, 3.63) is 23.0 Å². The molecule has 0 radical (unpaired) electrons. The number of H-pyrrole nitrogens is 1. The molecule has 21 heavy (non-hydrogen) atoms. The smallest absolute Gasteiger partial charge is 0.255 e. The number of carbonyl (C=O) groups excluding carboxylic acids is 1. The maximum atomic E-state index is 12.6. The van der Waals surface area contributed by atoms with Crippen LogP contribution in [-0.2, 0) is 11.2 Å².